The summed E-state index contributed by atoms with van der Waals surface area (Å²) in [5.41, 5.74) is 0.835. The average molecular weight is 342 g/mol. The highest BCUT2D eigenvalue weighted by molar-refractivity contribution is 5.92. The molecule has 2 aromatic rings. The van der Waals surface area contributed by atoms with E-state index in [1.165, 1.54) is 0 Å². The van der Waals surface area contributed by atoms with Gasteiger partial charge in [0.2, 0.25) is 5.91 Å². The summed E-state index contributed by atoms with van der Waals surface area (Å²) in [6, 6.07) is 10.3. The number of fused-ring (bicyclic) bond motifs is 1. The Kier molecular flexibility index (Phi) is 5.89. The second-order valence-corrected chi connectivity index (χ2v) is 6.63. The molecule has 0 radical (unpaired) electrons. The molecule has 3 rings (SSSR count). The van der Waals surface area contributed by atoms with Crippen LogP contribution in [0.25, 0.3) is 17.0 Å². The SMILES string of the molecule is CN(CCCO)C1CCN(C(=O)/C=C/c2cc3ccccc3o2)CC1. The Morgan fingerprint density at radius 3 is 2.84 bits per heavy atom. The second kappa shape index (κ2) is 8.32. The number of amides is 1. The largest absolute Gasteiger partial charge is 0.457 e. The van der Waals surface area contributed by atoms with Gasteiger partial charge in [0.1, 0.15) is 11.3 Å². The molecular weight excluding hydrogens is 316 g/mol. The van der Waals surface area contributed by atoms with E-state index in [2.05, 4.69) is 11.9 Å². The fraction of sp³-hybridized carbons (Fsp3) is 0.450. The monoisotopic (exact) mass is 342 g/mol. The van der Waals surface area contributed by atoms with Gasteiger partial charge in [-0.1, -0.05) is 18.2 Å². The number of nitrogens with zero attached hydrogens (tertiary/aromatic N) is 2. The Morgan fingerprint density at radius 1 is 1.36 bits per heavy atom. The fourth-order valence-corrected chi connectivity index (χ4v) is 3.37. The third kappa shape index (κ3) is 4.50. The van der Waals surface area contributed by atoms with Crippen molar-refractivity contribution in [3.63, 3.8) is 0 Å². The number of aliphatic hydroxyl groups excluding tert-OH is 1. The first kappa shape index (κ1) is 17.7. The van der Waals surface area contributed by atoms with Crippen molar-refractivity contribution in [2.45, 2.75) is 25.3 Å². The highest BCUT2D eigenvalue weighted by atomic mass is 16.3. The minimum atomic E-state index is 0.0388. The number of likely N-dealkylation sites (tertiary alicyclic amines) is 1. The zero-order valence-electron chi connectivity index (χ0n) is 14.7. The standard InChI is InChI=1S/C20H26N2O3/c1-21(11-4-14-23)17-9-12-22(13-10-17)20(24)8-7-18-15-16-5-2-3-6-19(16)25-18/h2-3,5-8,15,17,23H,4,9-14H2,1H3/b8-7+. The molecule has 0 unspecified atom stereocenters. The maximum absolute atomic E-state index is 12.4. The highest BCUT2D eigenvalue weighted by Crippen LogP contribution is 2.20. The minimum absolute atomic E-state index is 0.0388. The molecule has 134 valence electrons. The molecule has 1 aromatic carbocycles. The highest BCUT2D eigenvalue weighted by Gasteiger charge is 2.23. The zero-order chi connectivity index (χ0) is 17.6. The summed E-state index contributed by atoms with van der Waals surface area (Å²) in [6.07, 6.45) is 6.11. The van der Waals surface area contributed by atoms with Gasteiger partial charge in [-0.25, -0.2) is 0 Å². The van der Waals surface area contributed by atoms with Crippen molar-refractivity contribution in [1.29, 1.82) is 0 Å². The normalized spacial score (nSPS) is 16.4. The Hall–Kier alpha value is -2.11. The van der Waals surface area contributed by atoms with Crippen LogP contribution >= 0.6 is 0 Å². The number of carbonyl (C=O) groups excluding carboxylic acids is 1. The number of piperidine rings is 1. The molecule has 0 spiro atoms. The number of carbonyl (C=O) groups is 1. The third-order valence-electron chi connectivity index (χ3n) is 4.90. The molecule has 5 nitrogen and oxygen atoms in total. The lowest BCUT2D eigenvalue weighted by Crippen LogP contribution is -2.45. The number of hydrogen-bond acceptors (Lipinski definition) is 4. The Balaban J connectivity index is 1.52. The van der Waals surface area contributed by atoms with Crippen molar-refractivity contribution in [3.8, 4) is 0 Å². The number of aliphatic hydroxyl groups is 1. The van der Waals surface area contributed by atoms with Crippen LogP contribution in [-0.2, 0) is 4.79 Å². The second-order valence-electron chi connectivity index (χ2n) is 6.63. The Labute approximate surface area is 148 Å². The first-order valence-corrected chi connectivity index (χ1v) is 8.94. The van der Waals surface area contributed by atoms with E-state index in [1.54, 1.807) is 12.2 Å². The molecular formula is C20H26N2O3. The first-order chi connectivity index (χ1) is 12.2. The van der Waals surface area contributed by atoms with Crippen LogP contribution in [0.15, 0.2) is 40.8 Å². The van der Waals surface area contributed by atoms with Gasteiger partial charge in [-0.05, 0) is 44.5 Å². The smallest absolute Gasteiger partial charge is 0.246 e. The van der Waals surface area contributed by atoms with Gasteiger partial charge < -0.3 is 19.3 Å². The molecule has 0 atom stereocenters. The molecule has 0 saturated carbocycles. The maximum Gasteiger partial charge on any atom is 0.246 e. The summed E-state index contributed by atoms with van der Waals surface area (Å²) in [4.78, 5) is 16.6. The van der Waals surface area contributed by atoms with Crippen molar-refractivity contribution >= 4 is 23.0 Å². The van der Waals surface area contributed by atoms with Crippen LogP contribution in [0, 0.1) is 0 Å². The lowest BCUT2D eigenvalue weighted by atomic mass is 10.0. The molecule has 2 heterocycles. The van der Waals surface area contributed by atoms with Crippen LogP contribution in [0.1, 0.15) is 25.0 Å². The number of para-hydroxylation sites is 1. The van der Waals surface area contributed by atoms with Gasteiger partial charge in [0.05, 0.1) is 0 Å². The summed E-state index contributed by atoms with van der Waals surface area (Å²) < 4.78 is 5.71. The Morgan fingerprint density at radius 2 is 2.12 bits per heavy atom. The van der Waals surface area contributed by atoms with Gasteiger partial charge in [0.15, 0.2) is 0 Å². The van der Waals surface area contributed by atoms with Gasteiger partial charge in [-0.2, -0.15) is 0 Å². The lowest BCUT2D eigenvalue weighted by molar-refractivity contribution is -0.127. The van der Waals surface area contributed by atoms with Gasteiger partial charge in [-0.15, -0.1) is 0 Å². The fourth-order valence-electron chi connectivity index (χ4n) is 3.37. The first-order valence-electron chi connectivity index (χ1n) is 8.94. The van der Waals surface area contributed by atoms with E-state index < -0.39 is 0 Å². The number of benzene rings is 1. The van der Waals surface area contributed by atoms with Gasteiger partial charge in [0, 0.05) is 43.7 Å². The van der Waals surface area contributed by atoms with Gasteiger partial charge in [0.25, 0.3) is 0 Å². The molecule has 1 aliphatic heterocycles. The molecule has 1 aromatic heterocycles. The van der Waals surface area contributed by atoms with Crippen LogP contribution in [0.2, 0.25) is 0 Å². The average Bonchev–Trinajstić information content (AvgIpc) is 3.07. The van der Waals surface area contributed by atoms with Crippen LogP contribution in [-0.4, -0.2) is 60.1 Å². The van der Waals surface area contributed by atoms with Gasteiger partial charge >= 0.3 is 0 Å². The number of furan rings is 1. The third-order valence-corrected chi connectivity index (χ3v) is 4.90. The summed E-state index contributed by atoms with van der Waals surface area (Å²) in [6.45, 7) is 2.68. The summed E-state index contributed by atoms with van der Waals surface area (Å²) in [7, 11) is 2.10. The summed E-state index contributed by atoms with van der Waals surface area (Å²) >= 11 is 0. The van der Waals surface area contributed by atoms with E-state index in [0.29, 0.717) is 11.8 Å². The van der Waals surface area contributed by atoms with Crippen molar-refractivity contribution in [3.05, 3.63) is 42.2 Å². The number of rotatable bonds is 6. The van der Waals surface area contributed by atoms with E-state index >= 15 is 0 Å². The molecule has 1 aliphatic rings. The van der Waals surface area contributed by atoms with Crippen LogP contribution in [0.4, 0.5) is 0 Å². The summed E-state index contributed by atoms with van der Waals surface area (Å²) in [5.74, 6) is 0.741. The van der Waals surface area contributed by atoms with E-state index in [4.69, 9.17) is 9.52 Å². The van der Waals surface area contributed by atoms with E-state index in [1.807, 2.05) is 35.2 Å². The predicted molar refractivity (Wildman–Crippen MR) is 99.2 cm³/mol. The van der Waals surface area contributed by atoms with Crippen LogP contribution < -0.4 is 0 Å². The molecule has 0 aliphatic carbocycles. The molecule has 1 fully saturated rings. The van der Waals surface area contributed by atoms with E-state index in [9.17, 15) is 4.79 Å². The van der Waals surface area contributed by atoms with E-state index in [-0.39, 0.29) is 12.5 Å². The van der Waals surface area contributed by atoms with Crippen molar-refractivity contribution in [2.75, 3.05) is 33.3 Å². The lowest BCUT2D eigenvalue weighted by Gasteiger charge is -2.36. The molecule has 25 heavy (non-hydrogen) atoms. The Bertz CT molecular complexity index is 696. The maximum atomic E-state index is 12.4. The topological polar surface area (TPSA) is 56.9 Å². The van der Waals surface area contributed by atoms with E-state index in [0.717, 1.165) is 49.9 Å². The zero-order valence-corrected chi connectivity index (χ0v) is 14.7. The van der Waals surface area contributed by atoms with Crippen molar-refractivity contribution in [2.24, 2.45) is 0 Å². The minimum Gasteiger partial charge on any atom is -0.457 e. The summed E-state index contributed by atoms with van der Waals surface area (Å²) in [5, 5.41) is 9.98. The van der Waals surface area contributed by atoms with Gasteiger partial charge in [-0.3, -0.25) is 4.79 Å². The van der Waals surface area contributed by atoms with Crippen molar-refractivity contribution < 1.29 is 14.3 Å². The van der Waals surface area contributed by atoms with Crippen LogP contribution in [0.5, 0.6) is 0 Å². The van der Waals surface area contributed by atoms with Crippen molar-refractivity contribution in [1.82, 2.24) is 9.80 Å². The molecule has 5 heteroatoms. The predicted octanol–water partition coefficient (Wildman–Crippen LogP) is 2.75. The molecule has 1 saturated heterocycles. The van der Waals surface area contributed by atoms with Crippen LogP contribution in [0.3, 0.4) is 0 Å². The molecule has 1 N–H and O–H groups in total. The number of hydrogen-bond donors (Lipinski definition) is 1. The molecule has 1 amide bonds. The quantitative estimate of drug-likeness (QED) is 0.820. The molecule has 0 bridgehead atoms.